The number of fused-ring (bicyclic) bond motifs is 2. The standard InChI is InChI=1S/C10H18Si/c1-11(2,3)10-7-8-4-5-9(10)6-8/h4-5,8-10H,6-7H2,1-3H3/t8-,9+,10-/m0/s1. The van der Waals surface area contributed by atoms with Gasteiger partial charge in [0.1, 0.15) is 0 Å². The molecule has 0 amide bonds. The summed E-state index contributed by atoms with van der Waals surface area (Å²) in [7, 11) is -0.829. The predicted octanol–water partition coefficient (Wildman–Crippen LogP) is 3.29. The number of allylic oxidation sites excluding steroid dienone is 2. The molecule has 0 saturated heterocycles. The molecule has 0 spiro atoms. The van der Waals surface area contributed by atoms with Crippen molar-refractivity contribution >= 4 is 8.07 Å². The van der Waals surface area contributed by atoms with Gasteiger partial charge in [-0.15, -0.1) is 0 Å². The molecule has 1 saturated carbocycles. The summed E-state index contributed by atoms with van der Waals surface area (Å²) in [4.78, 5) is 0. The number of rotatable bonds is 1. The lowest BCUT2D eigenvalue weighted by Crippen LogP contribution is -2.30. The Morgan fingerprint density at radius 2 is 1.82 bits per heavy atom. The summed E-state index contributed by atoms with van der Waals surface area (Å²) in [5, 5.41) is 0. The highest BCUT2D eigenvalue weighted by molar-refractivity contribution is 6.77. The molecule has 0 aromatic carbocycles. The molecule has 1 heteroatoms. The van der Waals surface area contributed by atoms with Gasteiger partial charge in [0.25, 0.3) is 0 Å². The van der Waals surface area contributed by atoms with Gasteiger partial charge in [-0.1, -0.05) is 31.8 Å². The molecular formula is C10H18Si. The monoisotopic (exact) mass is 166 g/mol. The normalized spacial score (nSPS) is 41.9. The van der Waals surface area contributed by atoms with E-state index >= 15 is 0 Å². The van der Waals surface area contributed by atoms with Crippen molar-refractivity contribution in [2.75, 3.05) is 0 Å². The van der Waals surface area contributed by atoms with E-state index in [9.17, 15) is 0 Å². The maximum absolute atomic E-state index is 2.52. The van der Waals surface area contributed by atoms with Crippen molar-refractivity contribution in [2.24, 2.45) is 11.8 Å². The van der Waals surface area contributed by atoms with Crippen molar-refractivity contribution in [2.45, 2.75) is 38.0 Å². The fourth-order valence-electron chi connectivity index (χ4n) is 2.78. The van der Waals surface area contributed by atoms with E-state index in [4.69, 9.17) is 0 Å². The Hall–Kier alpha value is -0.0431. The summed E-state index contributed by atoms with van der Waals surface area (Å²) in [6.07, 6.45) is 7.92. The van der Waals surface area contributed by atoms with Crippen LogP contribution in [0.2, 0.25) is 25.2 Å². The summed E-state index contributed by atoms with van der Waals surface area (Å²) in [5.74, 6) is 1.95. The van der Waals surface area contributed by atoms with Crippen LogP contribution in [0.3, 0.4) is 0 Å². The lowest BCUT2D eigenvalue weighted by molar-refractivity contribution is 0.675. The molecule has 2 aliphatic carbocycles. The van der Waals surface area contributed by atoms with E-state index in [1.165, 1.54) is 12.8 Å². The van der Waals surface area contributed by atoms with Crippen molar-refractivity contribution in [1.82, 2.24) is 0 Å². The third-order valence-electron chi connectivity index (χ3n) is 3.39. The van der Waals surface area contributed by atoms with E-state index in [1.807, 2.05) is 0 Å². The van der Waals surface area contributed by atoms with Crippen LogP contribution in [0.25, 0.3) is 0 Å². The molecule has 0 aromatic rings. The van der Waals surface area contributed by atoms with Crippen LogP contribution in [0.1, 0.15) is 12.8 Å². The van der Waals surface area contributed by atoms with Gasteiger partial charge in [-0.3, -0.25) is 0 Å². The Bertz CT molecular complexity index is 188. The zero-order valence-electron chi connectivity index (χ0n) is 7.80. The molecule has 0 heterocycles. The van der Waals surface area contributed by atoms with Crippen molar-refractivity contribution in [1.29, 1.82) is 0 Å². The van der Waals surface area contributed by atoms with E-state index in [1.54, 1.807) is 0 Å². The van der Waals surface area contributed by atoms with Crippen LogP contribution in [0.15, 0.2) is 12.2 Å². The molecule has 2 aliphatic rings. The fraction of sp³-hybridized carbons (Fsp3) is 0.800. The summed E-state index contributed by atoms with van der Waals surface area (Å²) < 4.78 is 0. The minimum Gasteiger partial charge on any atom is -0.0851 e. The highest BCUT2D eigenvalue weighted by Gasteiger charge is 2.42. The first-order valence-electron chi connectivity index (χ1n) is 4.76. The van der Waals surface area contributed by atoms with Crippen LogP contribution in [-0.2, 0) is 0 Å². The molecule has 0 aromatic heterocycles. The van der Waals surface area contributed by atoms with Crippen LogP contribution >= 0.6 is 0 Å². The average molecular weight is 166 g/mol. The summed E-state index contributed by atoms with van der Waals surface area (Å²) >= 11 is 0. The SMILES string of the molecule is C[Si](C)(C)[C@H]1C[C@H]2C=C[C@@H]1C2. The zero-order chi connectivity index (χ0) is 8.06. The van der Waals surface area contributed by atoms with Gasteiger partial charge in [0, 0.05) is 8.07 Å². The molecular weight excluding hydrogens is 148 g/mol. The van der Waals surface area contributed by atoms with Gasteiger partial charge in [0.05, 0.1) is 0 Å². The van der Waals surface area contributed by atoms with Gasteiger partial charge >= 0.3 is 0 Å². The second-order valence-corrected chi connectivity index (χ2v) is 10.7. The molecule has 1 fully saturated rings. The summed E-state index contributed by atoms with van der Waals surface area (Å²) in [6.45, 7) is 7.56. The van der Waals surface area contributed by atoms with E-state index in [2.05, 4.69) is 31.8 Å². The van der Waals surface area contributed by atoms with Crippen LogP contribution in [-0.4, -0.2) is 8.07 Å². The molecule has 2 rings (SSSR count). The van der Waals surface area contributed by atoms with Gasteiger partial charge in [0.2, 0.25) is 0 Å². The van der Waals surface area contributed by atoms with Crippen LogP contribution in [0.5, 0.6) is 0 Å². The van der Waals surface area contributed by atoms with Crippen molar-refractivity contribution in [3.8, 4) is 0 Å². The molecule has 2 bridgehead atoms. The largest absolute Gasteiger partial charge is 0.0851 e. The second kappa shape index (κ2) is 2.22. The Labute approximate surface area is 70.7 Å². The highest BCUT2D eigenvalue weighted by atomic mass is 28.3. The maximum Gasteiger partial charge on any atom is 0.0479 e. The number of hydrogen-bond donors (Lipinski definition) is 0. The molecule has 3 atom stereocenters. The fourth-order valence-corrected chi connectivity index (χ4v) is 5.32. The van der Waals surface area contributed by atoms with Gasteiger partial charge in [-0.05, 0) is 30.2 Å². The first-order chi connectivity index (χ1) is 5.07. The third-order valence-corrected chi connectivity index (χ3v) is 6.28. The highest BCUT2D eigenvalue weighted by Crippen LogP contribution is 2.51. The van der Waals surface area contributed by atoms with Crippen molar-refractivity contribution in [3.63, 3.8) is 0 Å². The molecule has 62 valence electrons. The topological polar surface area (TPSA) is 0 Å². The predicted molar refractivity (Wildman–Crippen MR) is 52.5 cm³/mol. The first-order valence-corrected chi connectivity index (χ1v) is 8.33. The Kier molecular flexibility index (Phi) is 1.54. The van der Waals surface area contributed by atoms with Crippen molar-refractivity contribution in [3.05, 3.63) is 12.2 Å². The maximum atomic E-state index is 2.52. The Balaban J connectivity index is 2.15. The minimum absolute atomic E-state index is 0.829. The lowest BCUT2D eigenvalue weighted by atomic mass is 10.1. The lowest BCUT2D eigenvalue weighted by Gasteiger charge is -2.30. The van der Waals surface area contributed by atoms with E-state index in [-0.39, 0.29) is 0 Å². The third kappa shape index (κ3) is 1.20. The molecule has 0 nitrogen and oxygen atoms in total. The van der Waals surface area contributed by atoms with Gasteiger partial charge in [-0.2, -0.15) is 0 Å². The number of hydrogen-bond acceptors (Lipinski definition) is 0. The van der Waals surface area contributed by atoms with Gasteiger partial charge < -0.3 is 0 Å². The van der Waals surface area contributed by atoms with E-state index in [0.717, 1.165) is 17.4 Å². The van der Waals surface area contributed by atoms with Gasteiger partial charge in [0.15, 0.2) is 0 Å². The van der Waals surface area contributed by atoms with Crippen LogP contribution in [0, 0.1) is 11.8 Å². The quantitative estimate of drug-likeness (QED) is 0.414. The van der Waals surface area contributed by atoms with E-state index in [0.29, 0.717) is 0 Å². The van der Waals surface area contributed by atoms with Gasteiger partial charge in [-0.25, -0.2) is 0 Å². The second-order valence-electron chi connectivity index (χ2n) is 5.25. The minimum atomic E-state index is -0.829. The van der Waals surface area contributed by atoms with Crippen molar-refractivity contribution < 1.29 is 0 Å². The Morgan fingerprint density at radius 3 is 2.09 bits per heavy atom. The zero-order valence-corrected chi connectivity index (χ0v) is 8.80. The molecule has 0 N–H and O–H groups in total. The molecule has 11 heavy (non-hydrogen) atoms. The van der Waals surface area contributed by atoms with E-state index < -0.39 is 8.07 Å². The molecule has 0 radical (unpaired) electrons. The first kappa shape index (κ1) is 7.60. The van der Waals surface area contributed by atoms with Crippen LogP contribution in [0.4, 0.5) is 0 Å². The summed E-state index contributed by atoms with van der Waals surface area (Å²) in [5.41, 5.74) is 1.09. The molecule has 0 aliphatic heterocycles. The Morgan fingerprint density at radius 1 is 1.09 bits per heavy atom. The van der Waals surface area contributed by atoms with Crippen LogP contribution < -0.4 is 0 Å². The summed E-state index contributed by atoms with van der Waals surface area (Å²) in [6, 6.07) is 0. The average Bonchev–Trinajstić information content (AvgIpc) is 2.42. The smallest absolute Gasteiger partial charge is 0.0479 e. The molecule has 0 unspecified atom stereocenters.